The van der Waals surface area contributed by atoms with Gasteiger partial charge in [-0.15, -0.1) is 0 Å². The van der Waals surface area contributed by atoms with E-state index >= 15 is 0 Å². The fourth-order valence-electron chi connectivity index (χ4n) is 3.39. The van der Waals surface area contributed by atoms with Crippen LogP contribution in [0.3, 0.4) is 0 Å². The Morgan fingerprint density at radius 1 is 1.42 bits per heavy atom. The quantitative estimate of drug-likeness (QED) is 0.856. The van der Waals surface area contributed by atoms with Crippen molar-refractivity contribution >= 4 is 17.2 Å². The second-order valence-electron chi connectivity index (χ2n) is 6.45. The lowest BCUT2D eigenvalue weighted by atomic mass is 9.84. The van der Waals surface area contributed by atoms with Crippen LogP contribution in [0.1, 0.15) is 28.9 Å². The van der Waals surface area contributed by atoms with Gasteiger partial charge in [-0.3, -0.25) is 9.78 Å². The first-order valence-corrected chi connectivity index (χ1v) is 9.15. The van der Waals surface area contributed by atoms with Gasteiger partial charge in [0.2, 0.25) is 0 Å². The SMILES string of the molecule is O=C(c1ccsc1)N1CC2(C[C@@H](OCc3ccccn3)CCO2)C1. The largest absolute Gasteiger partial charge is 0.372 e. The Kier molecular flexibility index (Phi) is 4.35. The van der Waals surface area contributed by atoms with Gasteiger partial charge in [0, 0.05) is 24.6 Å². The first kappa shape index (κ1) is 15.7. The maximum atomic E-state index is 12.3. The first-order chi connectivity index (χ1) is 11.7. The van der Waals surface area contributed by atoms with E-state index in [1.807, 2.05) is 39.9 Å². The maximum Gasteiger partial charge on any atom is 0.254 e. The molecule has 2 aliphatic rings. The average Bonchev–Trinajstić information content (AvgIpc) is 3.13. The molecule has 2 saturated heterocycles. The summed E-state index contributed by atoms with van der Waals surface area (Å²) in [5, 5.41) is 3.83. The van der Waals surface area contributed by atoms with Crippen molar-refractivity contribution in [3.8, 4) is 0 Å². The summed E-state index contributed by atoms with van der Waals surface area (Å²) in [5.74, 6) is 0.0991. The Bertz CT molecular complexity index is 684. The minimum atomic E-state index is -0.223. The van der Waals surface area contributed by atoms with E-state index in [9.17, 15) is 4.79 Å². The van der Waals surface area contributed by atoms with Gasteiger partial charge in [0.05, 0.1) is 37.1 Å². The minimum Gasteiger partial charge on any atom is -0.372 e. The summed E-state index contributed by atoms with van der Waals surface area (Å²) in [7, 11) is 0. The molecule has 0 radical (unpaired) electrons. The zero-order valence-corrected chi connectivity index (χ0v) is 14.2. The highest BCUT2D eigenvalue weighted by atomic mass is 32.1. The van der Waals surface area contributed by atoms with Gasteiger partial charge < -0.3 is 14.4 Å². The molecule has 2 fully saturated rings. The van der Waals surface area contributed by atoms with Crippen molar-refractivity contribution in [2.75, 3.05) is 19.7 Å². The Morgan fingerprint density at radius 3 is 3.08 bits per heavy atom. The number of carbonyl (C=O) groups is 1. The van der Waals surface area contributed by atoms with Crippen molar-refractivity contribution in [2.45, 2.75) is 31.2 Å². The number of aromatic nitrogens is 1. The molecule has 2 aromatic heterocycles. The van der Waals surface area contributed by atoms with Crippen LogP contribution in [0, 0.1) is 0 Å². The van der Waals surface area contributed by atoms with E-state index < -0.39 is 0 Å². The molecule has 0 aromatic carbocycles. The molecule has 24 heavy (non-hydrogen) atoms. The monoisotopic (exact) mass is 344 g/mol. The molecule has 0 unspecified atom stereocenters. The smallest absolute Gasteiger partial charge is 0.254 e. The summed E-state index contributed by atoms with van der Waals surface area (Å²) < 4.78 is 12.0. The Labute approximate surface area is 145 Å². The molecule has 2 aromatic rings. The van der Waals surface area contributed by atoms with Gasteiger partial charge in [-0.25, -0.2) is 0 Å². The van der Waals surface area contributed by atoms with Crippen molar-refractivity contribution in [2.24, 2.45) is 0 Å². The predicted octanol–water partition coefficient (Wildman–Crippen LogP) is 2.73. The summed E-state index contributed by atoms with van der Waals surface area (Å²) in [6.45, 7) is 2.53. The highest BCUT2D eigenvalue weighted by Crippen LogP contribution is 2.36. The minimum absolute atomic E-state index is 0.0991. The number of amides is 1. The van der Waals surface area contributed by atoms with E-state index in [1.54, 1.807) is 17.5 Å². The molecule has 4 heterocycles. The highest BCUT2D eigenvalue weighted by molar-refractivity contribution is 7.08. The summed E-state index contributed by atoms with van der Waals surface area (Å²) in [4.78, 5) is 18.5. The van der Waals surface area contributed by atoms with Gasteiger partial charge in [0.1, 0.15) is 5.60 Å². The molecule has 126 valence electrons. The van der Waals surface area contributed by atoms with Crippen LogP contribution in [-0.4, -0.2) is 47.2 Å². The van der Waals surface area contributed by atoms with Crippen LogP contribution in [0.25, 0.3) is 0 Å². The van der Waals surface area contributed by atoms with E-state index in [1.165, 1.54) is 0 Å². The standard InChI is InChI=1S/C18H20N2O3S/c21-17(14-5-8-24-11-14)20-12-18(13-20)9-16(4-7-23-18)22-10-15-3-1-2-6-19-15/h1-3,5-6,8,11,16H,4,7,9-10,12-13H2/t16-/m0/s1. The van der Waals surface area contributed by atoms with Crippen LogP contribution >= 0.6 is 11.3 Å². The molecule has 6 heteroatoms. The molecule has 1 spiro atoms. The molecular formula is C18H20N2O3S. The number of rotatable bonds is 4. The van der Waals surface area contributed by atoms with Gasteiger partial charge in [-0.1, -0.05) is 6.07 Å². The molecule has 1 atom stereocenters. The van der Waals surface area contributed by atoms with Crippen molar-refractivity contribution in [1.82, 2.24) is 9.88 Å². The molecular weight excluding hydrogens is 324 g/mol. The summed E-state index contributed by atoms with van der Waals surface area (Å²) >= 11 is 1.55. The molecule has 1 amide bonds. The molecule has 0 bridgehead atoms. The van der Waals surface area contributed by atoms with Crippen molar-refractivity contribution in [3.05, 3.63) is 52.5 Å². The second kappa shape index (κ2) is 6.63. The van der Waals surface area contributed by atoms with Crippen LogP contribution in [0.4, 0.5) is 0 Å². The van der Waals surface area contributed by atoms with Crippen LogP contribution < -0.4 is 0 Å². The van der Waals surface area contributed by atoms with E-state index in [0.29, 0.717) is 26.3 Å². The molecule has 0 saturated carbocycles. The van der Waals surface area contributed by atoms with Crippen molar-refractivity contribution in [3.63, 3.8) is 0 Å². The summed E-state index contributed by atoms with van der Waals surface area (Å²) in [6.07, 6.45) is 3.68. The molecule has 4 rings (SSSR count). The number of carbonyl (C=O) groups excluding carboxylic acids is 1. The lowest BCUT2D eigenvalue weighted by molar-refractivity contribution is -0.188. The lowest BCUT2D eigenvalue weighted by Gasteiger charge is -2.52. The van der Waals surface area contributed by atoms with Crippen LogP contribution in [0.15, 0.2) is 41.2 Å². The van der Waals surface area contributed by atoms with E-state index in [-0.39, 0.29) is 17.6 Å². The first-order valence-electron chi connectivity index (χ1n) is 8.21. The zero-order valence-electron chi connectivity index (χ0n) is 13.4. The van der Waals surface area contributed by atoms with Crippen molar-refractivity contribution < 1.29 is 14.3 Å². The van der Waals surface area contributed by atoms with Crippen LogP contribution in [0.2, 0.25) is 0 Å². The Morgan fingerprint density at radius 2 is 2.33 bits per heavy atom. The van der Waals surface area contributed by atoms with E-state index in [4.69, 9.17) is 9.47 Å². The third kappa shape index (κ3) is 3.22. The van der Waals surface area contributed by atoms with Gasteiger partial charge in [-0.2, -0.15) is 11.3 Å². The fourth-order valence-corrected chi connectivity index (χ4v) is 4.02. The number of thiophene rings is 1. The number of likely N-dealkylation sites (tertiary alicyclic amines) is 1. The van der Waals surface area contributed by atoms with Crippen molar-refractivity contribution in [1.29, 1.82) is 0 Å². The lowest BCUT2D eigenvalue weighted by Crippen LogP contribution is -2.67. The van der Waals surface area contributed by atoms with E-state index in [2.05, 4.69) is 4.98 Å². The number of hydrogen-bond acceptors (Lipinski definition) is 5. The molecule has 0 aliphatic carbocycles. The van der Waals surface area contributed by atoms with Gasteiger partial charge in [0.25, 0.3) is 5.91 Å². The second-order valence-corrected chi connectivity index (χ2v) is 7.23. The molecule has 0 N–H and O–H groups in total. The summed E-state index contributed by atoms with van der Waals surface area (Å²) in [5.41, 5.74) is 1.49. The van der Waals surface area contributed by atoms with Crippen LogP contribution in [-0.2, 0) is 16.1 Å². The number of hydrogen-bond donors (Lipinski definition) is 0. The predicted molar refractivity (Wildman–Crippen MR) is 91.0 cm³/mol. The highest BCUT2D eigenvalue weighted by Gasteiger charge is 2.49. The van der Waals surface area contributed by atoms with Gasteiger partial charge in [-0.05, 0) is 30.0 Å². The maximum absolute atomic E-state index is 12.3. The Balaban J connectivity index is 1.30. The molecule has 2 aliphatic heterocycles. The number of nitrogens with zero attached hydrogens (tertiary/aromatic N) is 2. The summed E-state index contributed by atoms with van der Waals surface area (Å²) in [6, 6.07) is 7.72. The third-order valence-corrected chi connectivity index (χ3v) is 5.34. The normalized spacial score (nSPS) is 22.3. The number of ether oxygens (including phenoxy) is 2. The average molecular weight is 344 g/mol. The topological polar surface area (TPSA) is 51.7 Å². The number of pyridine rings is 1. The van der Waals surface area contributed by atoms with E-state index in [0.717, 1.165) is 24.1 Å². The fraction of sp³-hybridized carbons (Fsp3) is 0.444. The zero-order chi connectivity index (χ0) is 16.4. The molecule has 5 nitrogen and oxygen atoms in total. The van der Waals surface area contributed by atoms with Gasteiger partial charge in [0.15, 0.2) is 0 Å². The van der Waals surface area contributed by atoms with Crippen LogP contribution in [0.5, 0.6) is 0 Å². The Hall–Kier alpha value is -1.76. The van der Waals surface area contributed by atoms with Gasteiger partial charge >= 0.3 is 0 Å². The third-order valence-electron chi connectivity index (χ3n) is 4.65.